The molecule has 0 radical (unpaired) electrons. The summed E-state index contributed by atoms with van der Waals surface area (Å²) in [7, 11) is 0. The van der Waals surface area contributed by atoms with E-state index >= 15 is 0 Å². The summed E-state index contributed by atoms with van der Waals surface area (Å²) in [6.45, 7) is 6.18. The molecular formula is C12H18BrNO. The van der Waals surface area contributed by atoms with E-state index in [1.807, 2.05) is 6.07 Å². The molecule has 0 amide bonds. The monoisotopic (exact) mass is 271 g/mol. The van der Waals surface area contributed by atoms with Gasteiger partial charge in [0.15, 0.2) is 0 Å². The molecular weight excluding hydrogens is 254 g/mol. The summed E-state index contributed by atoms with van der Waals surface area (Å²) >= 11 is 3.44. The lowest BCUT2D eigenvalue weighted by Crippen LogP contribution is -2.43. The number of benzene rings is 1. The highest BCUT2D eigenvalue weighted by Crippen LogP contribution is 2.30. The van der Waals surface area contributed by atoms with Crippen LogP contribution in [0.4, 0.5) is 0 Å². The third-order valence-electron chi connectivity index (χ3n) is 3.01. The van der Waals surface area contributed by atoms with Gasteiger partial charge in [-0.2, -0.15) is 0 Å². The fourth-order valence-corrected chi connectivity index (χ4v) is 2.25. The van der Waals surface area contributed by atoms with Crippen molar-refractivity contribution in [2.45, 2.75) is 32.2 Å². The lowest BCUT2D eigenvalue weighted by molar-refractivity contribution is 0.219. The third-order valence-corrected chi connectivity index (χ3v) is 3.50. The Morgan fingerprint density at radius 3 is 2.53 bits per heavy atom. The van der Waals surface area contributed by atoms with Gasteiger partial charge in [0.2, 0.25) is 0 Å². The quantitative estimate of drug-likeness (QED) is 0.887. The maximum atomic E-state index is 9.14. The molecule has 0 aromatic heterocycles. The Morgan fingerprint density at radius 2 is 2.07 bits per heavy atom. The first kappa shape index (κ1) is 12.7. The predicted molar refractivity (Wildman–Crippen MR) is 67.0 cm³/mol. The number of aliphatic hydroxyl groups excluding tert-OH is 1. The van der Waals surface area contributed by atoms with E-state index in [0.717, 1.165) is 4.47 Å². The second-order valence-electron chi connectivity index (χ2n) is 4.47. The molecule has 84 valence electrons. The second kappa shape index (κ2) is 4.64. The number of aliphatic hydroxyl groups is 1. The van der Waals surface area contributed by atoms with Crippen LogP contribution < -0.4 is 5.73 Å². The van der Waals surface area contributed by atoms with Crippen LogP contribution in [0.15, 0.2) is 22.7 Å². The highest BCUT2D eigenvalue weighted by atomic mass is 79.9. The molecule has 0 saturated heterocycles. The molecule has 1 aromatic carbocycles. The molecule has 1 unspecified atom stereocenters. The highest BCUT2D eigenvalue weighted by molar-refractivity contribution is 9.10. The molecule has 0 fully saturated rings. The zero-order valence-corrected chi connectivity index (χ0v) is 11.0. The zero-order valence-electron chi connectivity index (χ0n) is 9.42. The summed E-state index contributed by atoms with van der Waals surface area (Å²) < 4.78 is 1.07. The molecule has 0 spiro atoms. The molecule has 0 aliphatic heterocycles. The topological polar surface area (TPSA) is 46.2 Å². The van der Waals surface area contributed by atoms with Gasteiger partial charge in [-0.05, 0) is 30.2 Å². The van der Waals surface area contributed by atoms with Crippen molar-refractivity contribution >= 4 is 15.9 Å². The molecule has 0 bridgehead atoms. The van der Waals surface area contributed by atoms with Crippen molar-refractivity contribution in [3.05, 3.63) is 33.8 Å². The van der Waals surface area contributed by atoms with Gasteiger partial charge in [-0.3, -0.25) is 0 Å². The minimum atomic E-state index is -0.239. The number of nitrogens with two attached hydrogens (primary N) is 1. The van der Waals surface area contributed by atoms with Gasteiger partial charge in [0.1, 0.15) is 0 Å². The summed E-state index contributed by atoms with van der Waals surface area (Å²) in [4.78, 5) is 0. The fourth-order valence-electron chi connectivity index (χ4n) is 1.78. The minimum Gasteiger partial charge on any atom is -0.395 e. The Kier molecular flexibility index (Phi) is 3.93. The van der Waals surface area contributed by atoms with Crippen molar-refractivity contribution in [1.29, 1.82) is 0 Å². The van der Waals surface area contributed by atoms with Crippen LogP contribution in [0, 0.1) is 6.92 Å². The van der Waals surface area contributed by atoms with E-state index in [2.05, 4.69) is 48.8 Å². The van der Waals surface area contributed by atoms with Gasteiger partial charge in [-0.15, -0.1) is 0 Å². The van der Waals surface area contributed by atoms with Crippen LogP contribution in [-0.2, 0) is 5.41 Å². The van der Waals surface area contributed by atoms with Gasteiger partial charge >= 0.3 is 0 Å². The Morgan fingerprint density at radius 1 is 1.47 bits per heavy atom. The molecule has 0 heterocycles. The largest absolute Gasteiger partial charge is 0.395 e. The first-order chi connectivity index (χ1) is 6.89. The Balaban J connectivity index is 3.15. The number of rotatable bonds is 3. The third kappa shape index (κ3) is 2.60. The predicted octanol–water partition coefficient (Wildman–Crippen LogP) is 2.35. The van der Waals surface area contributed by atoms with E-state index in [1.54, 1.807) is 0 Å². The molecule has 3 N–H and O–H groups in total. The number of hydrogen-bond acceptors (Lipinski definition) is 2. The summed E-state index contributed by atoms with van der Waals surface area (Å²) in [5, 5.41) is 9.14. The SMILES string of the molecule is Cc1cc(Br)ccc1C(C)(C)C(N)CO. The lowest BCUT2D eigenvalue weighted by Gasteiger charge is -2.32. The van der Waals surface area contributed by atoms with Crippen molar-refractivity contribution < 1.29 is 5.11 Å². The molecule has 3 heteroatoms. The average molecular weight is 272 g/mol. The van der Waals surface area contributed by atoms with Crippen LogP contribution in [0.1, 0.15) is 25.0 Å². The average Bonchev–Trinajstić information content (AvgIpc) is 2.15. The highest BCUT2D eigenvalue weighted by Gasteiger charge is 2.29. The van der Waals surface area contributed by atoms with E-state index in [4.69, 9.17) is 10.8 Å². The van der Waals surface area contributed by atoms with Crippen LogP contribution in [-0.4, -0.2) is 17.8 Å². The van der Waals surface area contributed by atoms with Crippen molar-refractivity contribution in [3.63, 3.8) is 0 Å². The van der Waals surface area contributed by atoms with Crippen LogP contribution in [0.5, 0.6) is 0 Å². The molecule has 0 saturated carbocycles. The van der Waals surface area contributed by atoms with Gasteiger partial charge in [-0.25, -0.2) is 0 Å². The summed E-state index contributed by atoms with van der Waals surface area (Å²) in [5.41, 5.74) is 8.10. The van der Waals surface area contributed by atoms with Gasteiger partial charge in [0.25, 0.3) is 0 Å². The number of halogens is 1. The number of aryl methyl sites for hydroxylation is 1. The summed E-state index contributed by atoms with van der Waals surface area (Å²) in [6, 6.07) is 5.90. The van der Waals surface area contributed by atoms with Crippen LogP contribution >= 0.6 is 15.9 Å². The minimum absolute atomic E-state index is 0.00248. The fraction of sp³-hybridized carbons (Fsp3) is 0.500. The molecule has 0 aliphatic rings. The van der Waals surface area contributed by atoms with Crippen molar-refractivity contribution in [3.8, 4) is 0 Å². The Labute approximate surface area is 99.6 Å². The summed E-state index contributed by atoms with van der Waals surface area (Å²) in [5.74, 6) is 0. The number of hydrogen-bond donors (Lipinski definition) is 2. The smallest absolute Gasteiger partial charge is 0.0591 e. The van der Waals surface area contributed by atoms with Crippen molar-refractivity contribution in [2.75, 3.05) is 6.61 Å². The molecule has 2 nitrogen and oxygen atoms in total. The van der Waals surface area contributed by atoms with Crippen molar-refractivity contribution in [2.24, 2.45) is 5.73 Å². The normalized spacial score (nSPS) is 14.0. The van der Waals surface area contributed by atoms with Gasteiger partial charge in [0, 0.05) is 15.9 Å². The zero-order chi connectivity index (χ0) is 11.6. The lowest BCUT2D eigenvalue weighted by atomic mass is 9.76. The summed E-state index contributed by atoms with van der Waals surface area (Å²) in [6.07, 6.45) is 0. The maximum Gasteiger partial charge on any atom is 0.0591 e. The molecule has 15 heavy (non-hydrogen) atoms. The van der Waals surface area contributed by atoms with Gasteiger partial charge in [0.05, 0.1) is 6.61 Å². The standard InChI is InChI=1S/C12H18BrNO/c1-8-6-9(13)4-5-10(8)12(2,3)11(14)7-15/h4-6,11,15H,7,14H2,1-3H3. The van der Waals surface area contributed by atoms with Crippen molar-refractivity contribution in [1.82, 2.24) is 0 Å². The van der Waals surface area contributed by atoms with E-state index < -0.39 is 0 Å². The van der Waals surface area contributed by atoms with Gasteiger partial charge in [-0.1, -0.05) is 35.8 Å². The van der Waals surface area contributed by atoms with E-state index in [1.165, 1.54) is 11.1 Å². The second-order valence-corrected chi connectivity index (χ2v) is 5.39. The van der Waals surface area contributed by atoms with Gasteiger partial charge < -0.3 is 10.8 Å². The molecule has 0 aliphatic carbocycles. The Hall–Kier alpha value is -0.380. The molecule has 1 rings (SSSR count). The first-order valence-corrected chi connectivity index (χ1v) is 5.82. The van der Waals surface area contributed by atoms with E-state index in [-0.39, 0.29) is 18.1 Å². The van der Waals surface area contributed by atoms with E-state index in [9.17, 15) is 0 Å². The van der Waals surface area contributed by atoms with Crippen LogP contribution in [0.25, 0.3) is 0 Å². The Bertz CT molecular complexity index is 349. The molecule has 1 atom stereocenters. The van der Waals surface area contributed by atoms with E-state index in [0.29, 0.717) is 0 Å². The van der Waals surface area contributed by atoms with Crippen LogP contribution in [0.2, 0.25) is 0 Å². The van der Waals surface area contributed by atoms with Crippen LogP contribution in [0.3, 0.4) is 0 Å². The molecule has 1 aromatic rings. The maximum absolute atomic E-state index is 9.14. The first-order valence-electron chi connectivity index (χ1n) is 5.02.